The van der Waals surface area contributed by atoms with Gasteiger partial charge in [-0.15, -0.1) is 0 Å². The molecular formula is C18H24N4O. The minimum absolute atomic E-state index is 0.100. The van der Waals surface area contributed by atoms with Crippen molar-refractivity contribution in [3.63, 3.8) is 0 Å². The summed E-state index contributed by atoms with van der Waals surface area (Å²) in [5, 5.41) is 6.56. The molecule has 0 saturated carbocycles. The van der Waals surface area contributed by atoms with Crippen LogP contribution in [0.25, 0.3) is 0 Å². The van der Waals surface area contributed by atoms with Crippen molar-refractivity contribution in [2.45, 2.75) is 26.3 Å². The summed E-state index contributed by atoms with van der Waals surface area (Å²) < 4.78 is 0. The molecule has 0 bridgehead atoms. The number of carbonyl (C=O) groups excluding carboxylic acids is 1. The number of rotatable bonds is 6. The van der Waals surface area contributed by atoms with E-state index in [4.69, 9.17) is 0 Å². The maximum atomic E-state index is 11.7. The molecule has 1 aromatic carbocycles. The molecule has 1 amide bonds. The second-order valence-electron chi connectivity index (χ2n) is 6.02. The van der Waals surface area contributed by atoms with Crippen molar-refractivity contribution in [1.29, 1.82) is 0 Å². The maximum Gasteiger partial charge on any atom is 0.226 e. The number of benzene rings is 1. The highest BCUT2D eigenvalue weighted by molar-refractivity contribution is 5.78. The number of carbonyl (C=O) groups is 1. The first-order chi connectivity index (χ1) is 10.9. The van der Waals surface area contributed by atoms with E-state index in [0.29, 0.717) is 12.5 Å². The SMILES string of the molecule is CC(C)Nc1ccc(Nc2ccc(CC(=O)N(C)C)cc2)cn1. The van der Waals surface area contributed by atoms with E-state index in [2.05, 4.69) is 29.5 Å². The van der Waals surface area contributed by atoms with Gasteiger partial charge >= 0.3 is 0 Å². The van der Waals surface area contributed by atoms with Gasteiger partial charge in [-0.1, -0.05) is 12.1 Å². The molecule has 0 fully saturated rings. The van der Waals surface area contributed by atoms with Gasteiger partial charge in [0.15, 0.2) is 0 Å². The first-order valence-corrected chi connectivity index (χ1v) is 7.73. The van der Waals surface area contributed by atoms with Crippen LogP contribution in [0.3, 0.4) is 0 Å². The number of aromatic nitrogens is 1. The lowest BCUT2D eigenvalue weighted by Gasteiger charge is -2.12. The molecule has 0 radical (unpaired) electrons. The van der Waals surface area contributed by atoms with Gasteiger partial charge in [-0.2, -0.15) is 0 Å². The molecule has 122 valence electrons. The van der Waals surface area contributed by atoms with Gasteiger partial charge in [-0.3, -0.25) is 4.79 Å². The Labute approximate surface area is 137 Å². The van der Waals surface area contributed by atoms with Gasteiger partial charge in [0.2, 0.25) is 5.91 Å². The minimum atomic E-state index is 0.100. The van der Waals surface area contributed by atoms with E-state index in [1.165, 1.54) is 0 Å². The van der Waals surface area contributed by atoms with Crippen molar-refractivity contribution in [2.24, 2.45) is 0 Å². The molecule has 2 N–H and O–H groups in total. The Morgan fingerprint density at radius 3 is 2.26 bits per heavy atom. The average molecular weight is 312 g/mol. The fourth-order valence-electron chi connectivity index (χ4n) is 2.05. The molecule has 23 heavy (non-hydrogen) atoms. The van der Waals surface area contributed by atoms with E-state index >= 15 is 0 Å². The largest absolute Gasteiger partial charge is 0.368 e. The van der Waals surface area contributed by atoms with Gasteiger partial charge in [0.25, 0.3) is 0 Å². The first-order valence-electron chi connectivity index (χ1n) is 7.73. The average Bonchev–Trinajstić information content (AvgIpc) is 2.50. The zero-order valence-corrected chi connectivity index (χ0v) is 14.1. The van der Waals surface area contributed by atoms with E-state index in [-0.39, 0.29) is 5.91 Å². The Morgan fingerprint density at radius 2 is 1.74 bits per heavy atom. The van der Waals surface area contributed by atoms with Crippen molar-refractivity contribution in [3.05, 3.63) is 48.2 Å². The van der Waals surface area contributed by atoms with Crippen molar-refractivity contribution in [2.75, 3.05) is 24.7 Å². The van der Waals surface area contributed by atoms with Gasteiger partial charge in [0, 0.05) is 25.8 Å². The van der Waals surface area contributed by atoms with E-state index in [0.717, 1.165) is 22.8 Å². The number of pyridine rings is 1. The number of hydrogen-bond donors (Lipinski definition) is 2. The lowest BCUT2D eigenvalue weighted by molar-refractivity contribution is -0.127. The monoisotopic (exact) mass is 312 g/mol. The smallest absolute Gasteiger partial charge is 0.226 e. The fraction of sp³-hybridized carbons (Fsp3) is 0.333. The number of hydrogen-bond acceptors (Lipinski definition) is 4. The molecule has 5 nitrogen and oxygen atoms in total. The molecule has 1 aromatic heterocycles. The number of anilines is 3. The molecule has 0 unspecified atom stereocenters. The summed E-state index contributed by atoms with van der Waals surface area (Å²) in [6, 6.07) is 12.2. The maximum absolute atomic E-state index is 11.7. The fourth-order valence-corrected chi connectivity index (χ4v) is 2.05. The van der Waals surface area contributed by atoms with Crippen LogP contribution in [0, 0.1) is 0 Å². The second kappa shape index (κ2) is 7.63. The summed E-state index contributed by atoms with van der Waals surface area (Å²) in [4.78, 5) is 17.7. The Hall–Kier alpha value is -2.56. The number of likely N-dealkylation sites (N-methyl/N-ethyl adjacent to an activating group) is 1. The van der Waals surface area contributed by atoms with Crippen LogP contribution in [0.2, 0.25) is 0 Å². The predicted molar refractivity (Wildman–Crippen MR) is 95.1 cm³/mol. The van der Waals surface area contributed by atoms with E-state index in [1.54, 1.807) is 25.2 Å². The molecule has 2 aromatic rings. The molecule has 2 rings (SSSR count). The Bertz CT molecular complexity index is 633. The lowest BCUT2D eigenvalue weighted by atomic mass is 10.1. The van der Waals surface area contributed by atoms with Crippen molar-refractivity contribution >= 4 is 23.1 Å². The highest BCUT2D eigenvalue weighted by Gasteiger charge is 2.05. The van der Waals surface area contributed by atoms with Crippen molar-refractivity contribution < 1.29 is 4.79 Å². The highest BCUT2D eigenvalue weighted by Crippen LogP contribution is 2.18. The summed E-state index contributed by atoms with van der Waals surface area (Å²) in [5.74, 6) is 0.964. The van der Waals surface area contributed by atoms with E-state index in [1.807, 2.05) is 36.4 Å². The molecule has 1 heterocycles. The van der Waals surface area contributed by atoms with Crippen LogP contribution in [0.4, 0.5) is 17.2 Å². The topological polar surface area (TPSA) is 57.3 Å². The van der Waals surface area contributed by atoms with Crippen LogP contribution < -0.4 is 10.6 Å². The summed E-state index contributed by atoms with van der Waals surface area (Å²) in [5.41, 5.74) is 2.90. The van der Waals surface area contributed by atoms with Gasteiger partial charge in [-0.25, -0.2) is 4.98 Å². The van der Waals surface area contributed by atoms with E-state index < -0.39 is 0 Å². The van der Waals surface area contributed by atoms with Gasteiger partial charge in [0.1, 0.15) is 5.82 Å². The lowest BCUT2D eigenvalue weighted by Crippen LogP contribution is -2.23. The quantitative estimate of drug-likeness (QED) is 0.859. The molecular weight excluding hydrogens is 288 g/mol. The summed E-state index contributed by atoms with van der Waals surface area (Å²) in [6.45, 7) is 4.16. The van der Waals surface area contributed by atoms with Crippen molar-refractivity contribution in [1.82, 2.24) is 9.88 Å². The normalized spacial score (nSPS) is 10.5. The second-order valence-corrected chi connectivity index (χ2v) is 6.02. The molecule has 0 aliphatic carbocycles. The zero-order valence-electron chi connectivity index (χ0n) is 14.1. The number of nitrogens with one attached hydrogen (secondary N) is 2. The van der Waals surface area contributed by atoms with Crippen LogP contribution in [0.1, 0.15) is 19.4 Å². The molecule has 0 saturated heterocycles. The molecule has 5 heteroatoms. The van der Waals surface area contributed by atoms with E-state index in [9.17, 15) is 4.79 Å². The highest BCUT2D eigenvalue weighted by atomic mass is 16.2. The van der Waals surface area contributed by atoms with Crippen LogP contribution in [-0.2, 0) is 11.2 Å². The Morgan fingerprint density at radius 1 is 1.09 bits per heavy atom. The summed E-state index contributed by atoms with van der Waals surface area (Å²) in [6.07, 6.45) is 2.22. The van der Waals surface area contributed by atoms with Crippen LogP contribution in [0.15, 0.2) is 42.6 Å². The predicted octanol–water partition coefficient (Wildman–Crippen LogP) is 3.28. The Balaban J connectivity index is 1.96. The molecule has 0 aliphatic heterocycles. The summed E-state index contributed by atoms with van der Waals surface area (Å²) >= 11 is 0. The number of nitrogens with zero attached hydrogens (tertiary/aromatic N) is 2. The Kier molecular flexibility index (Phi) is 5.57. The molecule has 0 aliphatic rings. The van der Waals surface area contributed by atoms with Crippen LogP contribution >= 0.6 is 0 Å². The zero-order chi connectivity index (χ0) is 16.8. The standard InChI is InChI=1S/C18H24N4O/c1-13(2)20-17-10-9-16(12-19-17)21-15-7-5-14(6-8-15)11-18(23)22(3)4/h5-10,12-13,21H,11H2,1-4H3,(H,19,20). The van der Waals surface area contributed by atoms with Crippen LogP contribution in [0.5, 0.6) is 0 Å². The van der Waals surface area contributed by atoms with Crippen molar-refractivity contribution in [3.8, 4) is 0 Å². The van der Waals surface area contributed by atoms with Gasteiger partial charge in [0.05, 0.1) is 18.3 Å². The third-order valence-electron chi connectivity index (χ3n) is 3.30. The third-order valence-corrected chi connectivity index (χ3v) is 3.30. The number of amides is 1. The van der Waals surface area contributed by atoms with Crippen LogP contribution in [-0.4, -0.2) is 35.9 Å². The van der Waals surface area contributed by atoms with Gasteiger partial charge < -0.3 is 15.5 Å². The molecule has 0 atom stereocenters. The minimum Gasteiger partial charge on any atom is -0.368 e. The third kappa shape index (κ3) is 5.29. The molecule has 0 spiro atoms. The summed E-state index contributed by atoms with van der Waals surface area (Å²) in [7, 11) is 3.53. The first kappa shape index (κ1) is 16.8. The van der Waals surface area contributed by atoms with Gasteiger partial charge in [-0.05, 0) is 43.7 Å².